The molecule has 0 saturated heterocycles. The van der Waals surface area contributed by atoms with Gasteiger partial charge in [0.1, 0.15) is 12.4 Å². The van der Waals surface area contributed by atoms with Crippen molar-refractivity contribution < 1.29 is 22.4 Å². The summed E-state index contributed by atoms with van der Waals surface area (Å²) in [7, 11) is 0. The molecule has 0 aliphatic carbocycles. The average molecular weight is 264 g/mol. The normalized spacial score (nSPS) is 11.2. The number of hydrogen-bond donors (Lipinski definition) is 2. The number of benzene rings is 1. The maximum atomic E-state index is 13.2. The van der Waals surface area contributed by atoms with Gasteiger partial charge in [0.2, 0.25) is 5.91 Å². The van der Waals surface area contributed by atoms with Crippen LogP contribution in [0.25, 0.3) is 0 Å². The molecule has 18 heavy (non-hydrogen) atoms. The van der Waals surface area contributed by atoms with E-state index in [-0.39, 0.29) is 5.69 Å². The zero-order valence-electron chi connectivity index (χ0n) is 9.57. The van der Waals surface area contributed by atoms with E-state index in [1.54, 1.807) is 18.3 Å². The van der Waals surface area contributed by atoms with E-state index in [0.717, 1.165) is 5.56 Å². The lowest BCUT2D eigenvalue weighted by atomic mass is 10.2. The highest BCUT2D eigenvalue weighted by atomic mass is 19.4. The molecule has 0 unspecified atom stereocenters. The monoisotopic (exact) mass is 264 g/mol. The van der Waals surface area contributed by atoms with Gasteiger partial charge in [-0.15, -0.1) is 0 Å². The van der Waals surface area contributed by atoms with Crippen molar-refractivity contribution in [1.29, 1.82) is 0 Å². The molecular formula is C11H12F4N2O. The first-order valence-electron chi connectivity index (χ1n) is 5.11. The second kappa shape index (κ2) is 5.70. The number of halogens is 4. The maximum absolute atomic E-state index is 13.2. The summed E-state index contributed by atoms with van der Waals surface area (Å²) >= 11 is 0. The van der Waals surface area contributed by atoms with Crippen LogP contribution in [0.3, 0.4) is 0 Å². The van der Waals surface area contributed by atoms with Gasteiger partial charge < -0.3 is 10.6 Å². The van der Waals surface area contributed by atoms with Crippen LogP contribution in [0, 0.1) is 12.7 Å². The molecule has 1 aromatic rings. The van der Waals surface area contributed by atoms with Gasteiger partial charge in [0, 0.05) is 0 Å². The fourth-order valence-corrected chi connectivity index (χ4v) is 1.21. The Labute approximate surface area is 101 Å². The summed E-state index contributed by atoms with van der Waals surface area (Å²) in [5.74, 6) is -1.42. The summed E-state index contributed by atoms with van der Waals surface area (Å²) in [6.07, 6.45) is -4.45. The molecule has 0 aliphatic heterocycles. The number of alkyl halides is 3. The quantitative estimate of drug-likeness (QED) is 0.819. The van der Waals surface area contributed by atoms with E-state index in [0.29, 0.717) is 0 Å². The van der Waals surface area contributed by atoms with Crippen molar-refractivity contribution in [3.05, 3.63) is 29.6 Å². The van der Waals surface area contributed by atoms with E-state index in [1.165, 1.54) is 12.1 Å². The van der Waals surface area contributed by atoms with Gasteiger partial charge in [-0.05, 0) is 24.6 Å². The van der Waals surface area contributed by atoms with Gasteiger partial charge in [-0.2, -0.15) is 13.2 Å². The number of hydrogen-bond acceptors (Lipinski definition) is 2. The second-order valence-corrected chi connectivity index (χ2v) is 3.73. The van der Waals surface area contributed by atoms with Crippen molar-refractivity contribution >= 4 is 11.6 Å². The highest BCUT2D eigenvalue weighted by Crippen LogP contribution is 2.15. The van der Waals surface area contributed by atoms with E-state index in [9.17, 15) is 22.4 Å². The SMILES string of the molecule is Cc1ccc(F)c(NCC(=O)NCC(F)(F)F)c1. The third kappa shape index (κ3) is 5.03. The molecule has 3 nitrogen and oxygen atoms in total. The first kappa shape index (κ1) is 14.3. The van der Waals surface area contributed by atoms with Crippen LogP contribution in [0.15, 0.2) is 18.2 Å². The van der Waals surface area contributed by atoms with E-state index in [2.05, 4.69) is 5.32 Å². The number of anilines is 1. The maximum Gasteiger partial charge on any atom is 0.405 e. The van der Waals surface area contributed by atoms with Crippen LogP contribution in [0.1, 0.15) is 5.56 Å². The number of carbonyl (C=O) groups excluding carboxylic acids is 1. The molecule has 0 aliphatic rings. The predicted octanol–water partition coefficient (Wildman–Crippen LogP) is 2.22. The molecule has 2 N–H and O–H groups in total. The summed E-state index contributed by atoms with van der Waals surface area (Å²) in [6, 6.07) is 4.22. The van der Waals surface area contributed by atoms with Crippen LogP contribution in [0.4, 0.5) is 23.2 Å². The summed E-state index contributed by atoms with van der Waals surface area (Å²) in [5.41, 5.74) is 0.853. The van der Waals surface area contributed by atoms with Crippen molar-refractivity contribution in [2.45, 2.75) is 13.1 Å². The van der Waals surface area contributed by atoms with Crippen LogP contribution in [-0.4, -0.2) is 25.2 Å². The minimum atomic E-state index is -4.45. The summed E-state index contributed by atoms with van der Waals surface area (Å²) in [4.78, 5) is 11.1. The number of nitrogens with one attached hydrogen (secondary N) is 2. The molecule has 0 heterocycles. The minimum absolute atomic E-state index is 0.0807. The molecule has 0 atom stereocenters. The van der Waals surface area contributed by atoms with Crippen molar-refractivity contribution in [1.82, 2.24) is 5.32 Å². The first-order valence-corrected chi connectivity index (χ1v) is 5.11. The Hall–Kier alpha value is -1.79. The summed E-state index contributed by atoms with van der Waals surface area (Å²) in [6.45, 7) is -0.0887. The van der Waals surface area contributed by atoms with Gasteiger partial charge in [0.15, 0.2) is 0 Å². The zero-order chi connectivity index (χ0) is 13.8. The van der Waals surface area contributed by atoms with Crippen molar-refractivity contribution in [3.63, 3.8) is 0 Å². The summed E-state index contributed by atoms with van der Waals surface area (Å²) < 4.78 is 48.6. The fourth-order valence-electron chi connectivity index (χ4n) is 1.21. The molecule has 100 valence electrons. The second-order valence-electron chi connectivity index (χ2n) is 3.73. The van der Waals surface area contributed by atoms with Gasteiger partial charge in [0.25, 0.3) is 0 Å². The molecule has 0 fully saturated rings. The minimum Gasteiger partial charge on any atom is -0.374 e. The Bertz CT molecular complexity index is 432. The number of carbonyl (C=O) groups is 1. The zero-order valence-corrected chi connectivity index (χ0v) is 9.57. The van der Waals surface area contributed by atoms with Crippen LogP contribution >= 0.6 is 0 Å². The number of amides is 1. The lowest BCUT2D eigenvalue weighted by Gasteiger charge is -2.10. The Morgan fingerprint density at radius 3 is 2.61 bits per heavy atom. The molecule has 7 heteroatoms. The molecule has 0 radical (unpaired) electrons. The lowest BCUT2D eigenvalue weighted by Crippen LogP contribution is -2.37. The van der Waals surface area contributed by atoms with E-state index >= 15 is 0 Å². The van der Waals surface area contributed by atoms with Crippen molar-refractivity contribution in [3.8, 4) is 0 Å². The average Bonchev–Trinajstić information content (AvgIpc) is 2.26. The van der Waals surface area contributed by atoms with E-state index < -0.39 is 31.0 Å². The van der Waals surface area contributed by atoms with E-state index in [1.807, 2.05) is 0 Å². The third-order valence-electron chi connectivity index (χ3n) is 2.05. The Kier molecular flexibility index (Phi) is 4.52. The Morgan fingerprint density at radius 1 is 1.33 bits per heavy atom. The van der Waals surface area contributed by atoms with Gasteiger partial charge in [-0.3, -0.25) is 4.79 Å². The molecule has 0 bridgehead atoms. The molecule has 1 amide bonds. The Morgan fingerprint density at radius 2 is 2.00 bits per heavy atom. The van der Waals surface area contributed by atoms with E-state index in [4.69, 9.17) is 0 Å². The lowest BCUT2D eigenvalue weighted by molar-refractivity contribution is -0.137. The standard InChI is InChI=1S/C11H12F4N2O/c1-7-2-3-8(12)9(4-7)16-5-10(18)17-6-11(13,14)15/h2-4,16H,5-6H2,1H3,(H,17,18). The van der Waals surface area contributed by atoms with Crippen LogP contribution in [-0.2, 0) is 4.79 Å². The molecule has 0 aromatic heterocycles. The Balaban J connectivity index is 2.45. The molecule has 1 aromatic carbocycles. The molecule has 0 spiro atoms. The highest BCUT2D eigenvalue weighted by molar-refractivity contribution is 5.80. The van der Waals surface area contributed by atoms with Crippen LogP contribution in [0.2, 0.25) is 0 Å². The van der Waals surface area contributed by atoms with Gasteiger partial charge in [-0.1, -0.05) is 6.07 Å². The topological polar surface area (TPSA) is 41.1 Å². The number of aryl methyl sites for hydroxylation is 1. The highest BCUT2D eigenvalue weighted by Gasteiger charge is 2.27. The molecular weight excluding hydrogens is 252 g/mol. The summed E-state index contributed by atoms with van der Waals surface area (Å²) in [5, 5.41) is 4.11. The third-order valence-corrected chi connectivity index (χ3v) is 2.05. The van der Waals surface area contributed by atoms with Crippen molar-refractivity contribution in [2.24, 2.45) is 0 Å². The first-order chi connectivity index (χ1) is 8.28. The van der Waals surface area contributed by atoms with Gasteiger partial charge >= 0.3 is 6.18 Å². The smallest absolute Gasteiger partial charge is 0.374 e. The van der Waals surface area contributed by atoms with Crippen LogP contribution in [0.5, 0.6) is 0 Å². The largest absolute Gasteiger partial charge is 0.405 e. The fraction of sp³-hybridized carbons (Fsp3) is 0.364. The molecule has 0 saturated carbocycles. The number of rotatable bonds is 4. The van der Waals surface area contributed by atoms with Gasteiger partial charge in [0.05, 0.1) is 12.2 Å². The van der Waals surface area contributed by atoms with Crippen molar-refractivity contribution in [2.75, 3.05) is 18.4 Å². The van der Waals surface area contributed by atoms with Gasteiger partial charge in [-0.25, -0.2) is 4.39 Å². The predicted molar refractivity (Wildman–Crippen MR) is 58.7 cm³/mol. The van der Waals surface area contributed by atoms with Crippen LogP contribution < -0.4 is 10.6 Å². The molecule has 1 rings (SSSR count).